The van der Waals surface area contributed by atoms with Gasteiger partial charge in [0.2, 0.25) is 5.91 Å². The second-order valence-corrected chi connectivity index (χ2v) is 7.43. The number of nitrogen functional groups attached to an aromatic ring is 1. The average Bonchev–Trinajstić information content (AvgIpc) is 3.03. The Kier molecular flexibility index (Phi) is 5.91. The zero-order valence-corrected chi connectivity index (χ0v) is 16.1. The molecule has 144 valence electrons. The number of rotatable bonds is 6. The highest BCUT2D eigenvalue weighted by atomic mass is 35.5. The number of hydrogen-bond donors (Lipinski definition) is 3. The molecule has 2 aromatic carbocycles. The molecule has 2 amide bonds. The first-order valence-electron chi connectivity index (χ1n) is 8.21. The van der Waals surface area contributed by atoms with E-state index in [-0.39, 0.29) is 22.8 Å². The lowest BCUT2D eigenvalue weighted by atomic mass is 10.0. The number of carbonyl (C=O) groups is 2. The van der Waals surface area contributed by atoms with Gasteiger partial charge in [0.25, 0.3) is 5.91 Å². The number of aromatic nitrogens is 1. The van der Waals surface area contributed by atoms with Crippen LogP contribution in [-0.4, -0.2) is 16.8 Å². The number of amides is 2. The summed E-state index contributed by atoms with van der Waals surface area (Å²) in [7, 11) is 0. The van der Waals surface area contributed by atoms with Crippen molar-refractivity contribution in [2.45, 2.75) is 12.5 Å². The first-order valence-corrected chi connectivity index (χ1v) is 9.40. The van der Waals surface area contributed by atoms with Crippen molar-refractivity contribution in [3.63, 3.8) is 0 Å². The standard InChI is InChI=1S/C19H16ClFN4O2S/c20-11-5-3-4-10(8-11)14(9-15(22)26)24-18(27)16-17(28-19(23)25-16)12-6-1-2-7-13(12)21/h1-8,14H,9H2,(H2,22,26)(H2,23,25)(H,24,27)/t14-/m0/s1. The van der Waals surface area contributed by atoms with E-state index in [9.17, 15) is 14.0 Å². The Morgan fingerprint density at radius 2 is 1.96 bits per heavy atom. The number of hydrogen-bond acceptors (Lipinski definition) is 5. The van der Waals surface area contributed by atoms with Crippen molar-refractivity contribution < 1.29 is 14.0 Å². The van der Waals surface area contributed by atoms with Crippen LogP contribution in [0.1, 0.15) is 28.5 Å². The van der Waals surface area contributed by atoms with E-state index in [0.717, 1.165) is 11.3 Å². The summed E-state index contributed by atoms with van der Waals surface area (Å²) in [6.45, 7) is 0. The highest BCUT2D eigenvalue weighted by Gasteiger charge is 2.24. The third-order valence-corrected chi connectivity index (χ3v) is 5.09. The van der Waals surface area contributed by atoms with Crippen LogP contribution in [0.5, 0.6) is 0 Å². The number of primary amides is 1. The Balaban J connectivity index is 1.95. The van der Waals surface area contributed by atoms with Crippen molar-refractivity contribution in [1.29, 1.82) is 0 Å². The average molecular weight is 419 g/mol. The largest absolute Gasteiger partial charge is 0.375 e. The molecular weight excluding hydrogens is 403 g/mol. The van der Waals surface area contributed by atoms with Crippen LogP contribution in [0.2, 0.25) is 5.02 Å². The molecule has 0 aliphatic heterocycles. The molecule has 0 unspecified atom stereocenters. The highest BCUT2D eigenvalue weighted by molar-refractivity contribution is 7.19. The van der Waals surface area contributed by atoms with E-state index in [4.69, 9.17) is 23.1 Å². The van der Waals surface area contributed by atoms with Crippen molar-refractivity contribution in [3.05, 3.63) is 70.6 Å². The molecule has 0 fully saturated rings. The van der Waals surface area contributed by atoms with Gasteiger partial charge in [-0.1, -0.05) is 53.3 Å². The van der Waals surface area contributed by atoms with E-state index in [1.54, 1.807) is 36.4 Å². The Morgan fingerprint density at radius 1 is 1.21 bits per heavy atom. The second kappa shape index (κ2) is 8.37. The zero-order chi connectivity index (χ0) is 20.3. The molecule has 3 aromatic rings. The summed E-state index contributed by atoms with van der Waals surface area (Å²) in [5, 5.41) is 3.29. The molecule has 9 heteroatoms. The van der Waals surface area contributed by atoms with Crippen LogP contribution in [-0.2, 0) is 4.79 Å². The number of halogens is 2. The normalized spacial score (nSPS) is 11.8. The van der Waals surface area contributed by atoms with E-state index in [2.05, 4.69) is 10.3 Å². The maximum absolute atomic E-state index is 14.2. The summed E-state index contributed by atoms with van der Waals surface area (Å²) in [5.74, 6) is -1.70. The molecule has 0 saturated carbocycles. The molecule has 0 saturated heterocycles. The number of nitrogens with two attached hydrogens (primary N) is 2. The van der Waals surface area contributed by atoms with Crippen molar-refractivity contribution >= 4 is 39.9 Å². The Labute approximate surface area is 169 Å². The van der Waals surface area contributed by atoms with Gasteiger partial charge in [-0.2, -0.15) is 0 Å². The van der Waals surface area contributed by atoms with E-state index in [0.29, 0.717) is 15.5 Å². The molecule has 0 spiro atoms. The molecule has 1 atom stereocenters. The van der Waals surface area contributed by atoms with Gasteiger partial charge in [0.05, 0.1) is 17.3 Å². The highest BCUT2D eigenvalue weighted by Crippen LogP contribution is 2.34. The smallest absolute Gasteiger partial charge is 0.271 e. The predicted octanol–water partition coefficient (Wildman–Crippen LogP) is 3.53. The van der Waals surface area contributed by atoms with Gasteiger partial charge in [0.15, 0.2) is 5.13 Å². The molecule has 0 aliphatic rings. The number of benzene rings is 2. The van der Waals surface area contributed by atoms with E-state index >= 15 is 0 Å². The van der Waals surface area contributed by atoms with Crippen LogP contribution in [0.3, 0.4) is 0 Å². The summed E-state index contributed by atoms with van der Waals surface area (Å²) in [4.78, 5) is 28.7. The fourth-order valence-corrected chi connectivity index (χ4v) is 3.78. The summed E-state index contributed by atoms with van der Waals surface area (Å²) >= 11 is 7.01. The lowest BCUT2D eigenvalue weighted by Gasteiger charge is -2.18. The second-order valence-electron chi connectivity index (χ2n) is 5.96. The first-order chi connectivity index (χ1) is 13.3. The molecule has 0 aliphatic carbocycles. The maximum Gasteiger partial charge on any atom is 0.271 e. The van der Waals surface area contributed by atoms with Gasteiger partial charge < -0.3 is 16.8 Å². The molecule has 6 nitrogen and oxygen atoms in total. The first kappa shape index (κ1) is 19.8. The predicted molar refractivity (Wildman–Crippen MR) is 107 cm³/mol. The molecule has 1 heterocycles. The molecule has 1 aromatic heterocycles. The minimum absolute atomic E-state index is 0.0240. The summed E-state index contributed by atoms with van der Waals surface area (Å²) in [5.41, 5.74) is 11.9. The monoisotopic (exact) mass is 418 g/mol. The molecule has 28 heavy (non-hydrogen) atoms. The third-order valence-electron chi connectivity index (χ3n) is 3.94. The van der Waals surface area contributed by atoms with Gasteiger partial charge in [-0.25, -0.2) is 9.37 Å². The number of anilines is 1. The molecular formula is C19H16ClFN4O2S. The van der Waals surface area contributed by atoms with Crippen LogP contribution in [0.15, 0.2) is 48.5 Å². The van der Waals surface area contributed by atoms with Gasteiger partial charge in [0, 0.05) is 10.6 Å². The number of nitrogens with zero attached hydrogens (tertiary/aromatic N) is 1. The molecule has 5 N–H and O–H groups in total. The third kappa shape index (κ3) is 4.47. The Morgan fingerprint density at radius 3 is 2.64 bits per heavy atom. The molecule has 3 rings (SSSR count). The quantitative estimate of drug-likeness (QED) is 0.568. The van der Waals surface area contributed by atoms with Gasteiger partial charge in [-0.15, -0.1) is 0 Å². The van der Waals surface area contributed by atoms with E-state index < -0.39 is 23.7 Å². The van der Waals surface area contributed by atoms with Crippen LogP contribution in [0.25, 0.3) is 10.4 Å². The van der Waals surface area contributed by atoms with Crippen LogP contribution < -0.4 is 16.8 Å². The SMILES string of the molecule is NC(=O)C[C@H](NC(=O)c1nc(N)sc1-c1ccccc1F)c1cccc(Cl)c1. The topological polar surface area (TPSA) is 111 Å². The van der Waals surface area contributed by atoms with Gasteiger partial charge in [0.1, 0.15) is 11.5 Å². The van der Waals surface area contributed by atoms with Gasteiger partial charge >= 0.3 is 0 Å². The Hall–Kier alpha value is -2.97. The zero-order valence-electron chi connectivity index (χ0n) is 14.5. The van der Waals surface area contributed by atoms with Gasteiger partial charge in [-0.3, -0.25) is 9.59 Å². The van der Waals surface area contributed by atoms with Crippen molar-refractivity contribution in [2.24, 2.45) is 5.73 Å². The number of carbonyl (C=O) groups excluding carboxylic acids is 2. The van der Waals surface area contributed by atoms with E-state index in [1.165, 1.54) is 12.1 Å². The minimum atomic E-state index is -0.722. The van der Waals surface area contributed by atoms with E-state index in [1.807, 2.05) is 0 Å². The maximum atomic E-state index is 14.2. The summed E-state index contributed by atoms with van der Waals surface area (Å²) in [6, 6.07) is 12.0. The number of nitrogens with one attached hydrogen (secondary N) is 1. The Bertz CT molecular complexity index is 1040. The van der Waals surface area contributed by atoms with Gasteiger partial charge in [-0.05, 0) is 23.8 Å². The van der Waals surface area contributed by atoms with Crippen LogP contribution >= 0.6 is 22.9 Å². The molecule has 0 bridgehead atoms. The summed E-state index contributed by atoms with van der Waals surface area (Å²) in [6.07, 6.45) is -0.138. The lowest BCUT2D eigenvalue weighted by molar-refractivity contribution is -0.118. The van der Waals surface area contributed by atoms with Crippen molar-refractivity contribution in [2.75, 3.05) is 5.73 Å². The fraction of sp³-hybridized carbons (Fsp3) is 0.105. The summed E-state index contributed by atoms with van der Waals surface area (Å²) < 4.78 is 14.2. The van der Waals surface area contributed by atoms with Crippen molar-refractivity contribution in [1.82, 2.24) is 10.3 Å². The van der Waals surface area contributed by atoms with Crippen LogP contribution in [0, 0.1) is 5.82 Å². The van der Waals surface area contributed by atoms with Crippen LogP contribution in [0.4, 0.5) is 9.52 Å². The number of thiazole rings is 1. The lowest BCUT2D eigenvalue weighted by Crippen LogP contribution is -2.32. The minimum Gasteiger partial charge on any atom is -0.375 e. The molecule has 0 radical (unpaired) electrons. The van der Waals surface area contributed by atoms with Crippen molar-refractivity contribution in [3.8, 4) is 10.4 Å². The fourth-order valence-electron chi connectivity index (χ4n) is 2.72.